The molecule has 1 heterocycles. The fraction of sp³-hybridized carbons (Fsp3) is 0.769. The summed E-state index contributed by atoms with van der Waals surface area (Å²) >= 11 is 0. The minimum Gasteiger partial charge on any atom is -0.394 e. The summed E-state index contributed by atoms with van der Waals surface area (Å²) in [6, 6.07) is 0.295. The average molecular weight is 269 g/mol. The Morgan fingerprint density at radius 1 is 1.53 bits per heavy atom. The van der Waals surface area contributed by atoms with Gasteiger partial charge in [0.2, 0.25) is 0 Å². The van der Waals surface area contributed by atoms with Crippen LogP contribution in [0.4, 0.5) is 0 Å². The Labute approximate surface area is 113 Å². The van der Waals surface area contributed by atoms with Crippen molar-refractivity contribution in [2.24, 2.45) is 0 Å². The van der Waals surface area contributed by atoms with Gasteiger partial charge in [-0.15, -0.1) is 0 Å². The van der Waals surface area contributed by atoms with Crippen molar-refractivity contribution in [1.29, 1.82) is 0 Å². The molecule has 0 spiro atoms. The van der Waals surface area contributed by atoms with Crippen LogP contribution in [-0.4, -0.2) is 48.5 Å². The summed E-state index contributed by atoms with van der Waals surface area (Å²) in [5.41, 5.74) is 2.48. The highest BCUT2D eigenvalue weighted by Gasteiger charge is 2.24. The topological polar surface area (TPSA) is 68.5 Å². The Balaban J connectivity index is 2.01. The maximum atomic E-state index is 9.04. The van der Waals surface area contributed by atoms with Crippen LogP contribution in [0.1, 0.15) is 30.1 Å². The van der Waals surface area contributed by atoms with Crippen molar-refractivity contribution in [2.75, 3.05) is 27.4 Å². The molecule has 1 aromatic heterocycles. The van der Waals surface area contributed by atoms with Crippen LogP contribution < -0.4 is 5.32 Å². The van der Waals surface area contributed by atoms with E-state index in [0.717, 1.165) is 19.3 Å². The summed E-state index contributed by atoms with van der Waals surface area (Å²) in [6.07, 6.45) is 4.95. The van der Waals surface area contributed by atoms with Crippen LogP contribution in [0.15, 0.2) is 6.20 Å². The number of aromatic nitrogens is 2. The molecule has 19 heavy (non-hydrogen) atoms. The SMILES string of the molecule is COC(CNC1CCCc2c1cnn2CCO)OC. The number of aliphatic hydroxyl groups is 1. The Bertz CT molecular complexity index is 390. The lowest BCUT2D eigenvalue weighted by atomic mass is 9.93. The second-order valence-electron chi connectivity index (χ2n) is 4.75. The van der Waals surface area contributed by atoms with E-state index in [2.05, 4.69) is 10.4 Å². The van der Waals surface area contributed by atoms with Gasteiger partial charge in [0.25, 0.3) is 0 Å². The van der Waals surface area contributed by atoms with Gasteiger partial charge in [-0.3, -0.25) is 4.68 Å². The highest BCUT2D eigenvalue weighted by Crippen LogP contribution is 2.29. The lowest BCUT2D eigenvalue weighted by Crippen LogP contribution is -2.34. The third-order valence-corrected chi connectivity index (χ3v) is 3.63. The molecule has 6 nitrogen and oxygen atoms in total. The standard InChI is InChI=1S/C13H23N3O3/c1-18-13(19-2)9-14-11-4-3-5-12-10(11)8-15-16(12)6-7-17/h8,11,13-14,17H,3-7,9H2,1-2H3. The third-order valence-electron chi connectivity index (χ3n) is 3.63. The molecule has 0 bridgehead atoms. The monoisotopic (exact) mass is 269 g/mol. The van der Waals surface area contributed by atoms with Gasteiger partial charge in [0, 0.05) is 38.1 Å². The van der Waals surface area contributed by atoms with Crippen molar-refractivity contribution in [2.45, 2.75) is 38.1 Å². The molecular weight excluding hydrogens is 246 g/mol. The molecule has 2 N–H and O–H groups in total. The smallest absolute Gasteiger partial charge is 0.169 e. The zero-order valence-corrected chi connectivity index (χ0v) is 11.6. The van der Waals surface area contributed by atoms with E-state index in [-0.39, 0.29) is 12.9 Å². The first kappa shape index (κ1) is 14.5. The lowest BCUT2D eigenvalue weighted by Gasteiger charge is -2.26. The summed E-state index contributed by atoms with van der Waals surface area (Å²) in [6.45, 7) is 1.35. The number of fused-ring (bicyclic) bond motifs is 1. The van der Waals surface area contributed by atoms with Crippen molar-refractivity contribution in [3.63, 3.8) is 0 Å². The van der Waals surface area contributed by atoms with Gasteiger partial charge in [-0.05, 0) is 19.3 Å². The molecule has 1 aliphatic rings. The van der Waals surface area contributed by atoms with E-state index in [1.807, 2.05) is 10.9 Å². The fourth-order valence-electron chi connectivity index (χ4n) is 2.62. The minimum absolute atomic E-state index is 0.127. The molecule has 1 aliphatic carbocycles. The molecule has 108 valence electrons. The first-order valence-electron chi connectivity index (χ1n) is 6.74. The molecule has 0 aromatic carbocycles. The number of methoxy groups -OCH3 is 2. The van der Waals surface area contributed by atoms with Gasteiger partial charge in [0.15, 0.2) is 6.29 Å². The van der Waals surface area contributed by atoms with E-state index in [0.29, 0.717) is 19.1 Å². The highest BCUT2D eigenvalue weighted by atomic mass is 16.7. The summed E-state index contributed by atoms with van der Waals surface area (Å²) in [4.78, 5) is 0. The van der Waals surface area contributed by atoms with Gasteiger partial charge in [-0.2, -0.15) is 5.10 Å². The summed E-state index contributed by atoms with van der Waals surface area (Å²) in [5.74, 6) is 0. The normalized spacial score (nSPS) is 18.8. The molecule has 0 radical (unpaired) electrons. The van der Waals surface area contributed by atoms with Crippen molar-refractivity contribution >= 4 is 0 Å². The van der Waals surface area contributed by atoms with E-state index in [1.165, 1.54) is 11.3 Å². The Kier molecular flexibility index (Phi) is 5.33. The maximum absolute atomic E-state index is 9.04. The van der Waals surface area contributed by atoms with Gasteiger partial charge in [-0.25, -0.2) is 0 Å². The van der Waals surface area contributed by atoms with Crippen molar-refractivity contribution in [3.8, 4) is 0 Å². The molecule has 1 unspecified atom stereocenters. The van der Waals surface area contributed by atoms with Crippen molar-refractivity contribution < 1.29 is 14.6 Å². The molecule has 1 aromatic rings. The van der Waals surface area contributed by atoms with Crippen molar-refractivity contribution in [3.05, 3.63) is 17.5 Å². The molecular formula is C13H23N3O3. The molecule has 1 atom stereocenters. The van der Waals surface area contributed by atoms with E-state index in [4.69, 9.17) is 14.6 Å². The van der Waals surface area contributed by atoms with Gasteiger partial charge >= 0.3 is 0 Å². The quantitative estimate of drug-likeness (QED) is 0.704. The van der Waals surface area contributed by atoms with Crippen LogP contribution in [0.5, 0.6) is 0 Å². The second kappa shape index (κ2) is 7.00. The Hall–Kier alpha value is -0.950. The second-order valence-corrected chi connectivity index (χ2v) is 4.75. The number of rotatable bonds is 7. The lowest BCUT2D eigenvalue weighted by molar-refractivity contribution is -0.100. The Morgan fingerprint density at radius 3 is 3.00 bits per heavy atom. The van der Waals surface area contributed by atoms with Crippen molar-refractivity contribution in [1.82, 2.24) is 15.1 Å². The van der Waals surface area contributed by atoms with Gasteiger partial charge < -0.3 is 19.9 Å². The first-order chi connectivity index (χ1) is 9.30. The van der Waals surface area contributed by atoms with Gasteiger partial charge in [0.1, 0.15) is 0 Å². The van der Waals surface area contributed by atoms with Crippen LogP contribution >= 0.6 is 0 Å². The number of hydrogen-bond donors (Lipinski definition) is 2. The number of aliphatic hydroxyl groups excluding tert-OH is 1. The van der Waals surface area contributed by atoms with E-state index in [9.17, 15) is 0 Å². The zero-order chi connectivity index (χ0) is 13.7. The largest absolute Gasteiger partial charge is 0.394 e. The molecule has 0 amide bonds. The summed E-state index contributed by atoms with van der Waals surface area (Å²) in [5, 5.41) is 16.9. The molecule has 6 heteroatoms. The number of nitrogens with zero attached hydrogens (tertiary/aromatic N) is 2. The predicted molar refractivity (Wildman–Crippen MR) is 70.8 cm³/mol. The highest BCUT2D eigenvalue weighted by molar-refractivity contribution is 5.24. The van der Waals surface area contributed by atoms with E-state index >= 15 is 0 Å². The van der Waals surface area contributed by atoms with Crippen LogP contribution in [0.2, 0.25) is 0 Å². The van der Waals surface area contributed by atoms with E-state index < -0.39 is 0 Å². The van der Waals surface area contributed by atoms with Crippen LogP contribution in [0.25, 0.3) is 0 Å². The predicted octanol–water partition coefficient (Wildman–Crippen LogP) is 0.461. The molecule has 0 saturated carbocycles. The first-order valence-corrected chi connectivity index (χ1v) is 6.74. The number of ether oxygens (including phenoxy) is 2. The third kappa shape index (κ3) is 3.33. The Morgan fingerprint density at radius 2 is 2.32 bits per heavy atom. The maximum Gasteiger partial charge on any atom is 0.169 e. The number of hydrogen-bond acceptors (Lipinski definition) is 5. The molecule has 2 rings (SSSR count). The van der Waals surface area contributed by atoms with E-state index in [1.54, 1.807) is 14.2 Å². The molecule has 0 fully saturated rings. The van der Waals surface area contributed by atoms with Gasteiger partial charge in [-0.1, -0.05) is 0 Å². The number of nitrogens with one attached hydrogen (secondary N) is 1. The summed E-state index contributed by atoms with van der Waals surface area (Å²) in [7, 11) is 3.28. The fourth-order valence-corrected chi connectivity index (χ4v) is 2.62. The van der Waals surface area contributed by atoms with Crippen LogP contribution in [-0.2, 0) is 22.4 Å². The zero-order valence-electron chi connectivity index (χ0n) is 11.6. The van der Waals surface area contributed by atoms with Crippen LogP contribution in [0.3, 0.4) is 0 Å². The summed E-state index contributed by atoms with van der Waals surface area (Å²) < 4.78 is 12.3. The molecule has 0 saturated heterocycles. The van der Waals surface area contributed by atoms with Crippen LogP contribution in [0, 0.1) is 0 Å². The molecule has 0 aliphatic heterocycles. The average Bonchev–Trinajstić information content (AvgIpc) is 2.85. The minimum atomic E-state index is -0.224. The van der Waals surface area contributed by atoms with Gasteiger partial charge in [0.05, 0.1) is 19.3 Å².